The molecule has 6 rings (SSSR count). The second-order valence-corrected chi connectivity index (χ2v) is 16.3. The third-order valence-electron chi connectivity index (χ3n) is 13.6. The van der Waals surface area contributed by atoms with E-state index in [-0.39, 0.29) is 23.7 Å². The predicted octanol–water partition coefficient (Wildman–Crippen LogP) is 5.07. The Morgan fingerprint density at radius 2 is 1.90 bits per heavy atom. The predicted molar refractivity (Wildman–Crippen MR) is 167 cm³/mol. The van der Waals surface area contributed by atoms with Crippen LogP contribution in [0.4, 0.5) is 0 Å². The summed E-state index contributed by atoms with van der Waals surface area (Å²) < 4.78 is 6.70. The number of allylic oxidation sites excluding steroid dienone is 1. The van der Waals surface area contributed by atoms with Gasteiger partial charge in [-0.15, -0.1) is 0 Å². The number of epoxide rings is 1. The van der Waals surface area contributed by atoms with Gasteiger partial charge in [0.1, 0.15) is 0 Å². The van der Waals surface area contributed by atoms with E-state index in [1.807, 2.05) is 0 Å². The highest BCUT2D eigenvalue weighted by Crippen LogP contribution is 2.69. The molecule has 7 heteroatoms. The van der Waals surface area contributed by atoms with Crippen LogP contribution in [0, 0.1) is 40.4 Å². The van der Waals surface area contributed by atoms with Crippen molar-refractivity contribution in [1.82, 2.24) is 5.32 Å². The molecule has 1 spiro atoms. The van der Waals surface area contributed by atoms with Crippen LogP contribution in [0.3, 0.4) is 0 Å². The van der Waals surface area contributed by atoms with E-state index in [0.717, 1.165) is 57.4 Å². The smallest absolute Gasteiger partial charge is 0.188 e. The molecule has 1 heterocycles. The third-order valence-corrected chi connectivity index (χ3v) is 13.6. The Balaban J connectivity index is 1.14. The summed E-state index contributed by atoms with van der Waals surface area (Å²) in [6, 6.07) is 0. The van der Waals surface area contributed by atoms with E-state index in [1.54, 1.807) is 7.05 Å². The van der Waals surface area contributed by atoms with Gasteiger partial charge in [-0.2, -0.15) is 0 Å². The summed E-state index contributed by atoms with van der Waals surface area (Å²) in [5.41, 5.74) is 7.23. The minimum atomic E-state index is -0.687. The third kappa shape index (κ3) is 5.81. The van der Waals surface area contributed by atoms with Crippen LogP contribution < -0.4 is 11.1 Å². The molecule has 5 saturated carbocycles. The Morgan fingerprint density at radius 1 is 1.07 bits per heavy atom. The first-order valence-electron chi connectivity index (χ1n) is 17.4. The van der Waals surface area contributed by atoms with Crippen molar-refractivity contribution in [3.63, 3.8) is 0 Å². The molecule has 5 aliphatic carbocycles. The Kier molecular flexibility index (Phi) is 8.56. The van der Waals surface area contributed by atoms with Gasteiger partial charge in [-0.1, -0.05) is 18.6 Å². The second-order valence-electron chi connectivity index (χ2n) is 16.3. The van der Waals surface area contributed by atoms with E-state index in [4.69, 9.17) is 10.5 Å². The van der Waals surface area contributed by atoms with Gasteiger partial charge in [-0.3, -0.25) is 4.99 Å². The molecule has 1 aliphatic heterocycles. The lowest BCUT2D eigenvalue weighted by atomic mass is 9.46. The highest BCUT2D eigenvalue weighted by Gasteiger charge is 2.67. The van der Waals surface area contributed by atoms with Crippen molar-refractivity contribution in [1.29, 1.82) is 0 Å². The molecular weight excluding hydrogens is 526 g/mol. The standard InChI is InChI=1S/C35H59N3O4/c1-32(26-7-6-24(17-26)22-38-31(36)37-3)21-28-25(11-16-39)19-34(30-33(2,42-30)13-10-29(28)32)14-8-23(18-34)9-15-35(41)12-4-5-27(40)20-35/h11,23-24,26-30,39-41H,4-10,12-22H2,1-3H3,(H3,36,37,38). The maximum Gasteiger partial charge on any atom is 0.188 e. The summed E-state index contributed by atoms with van der Waals surface area (Å²) in [5.74, 6) is 3.81. The van der Waals surface area contributed by atoms with E-state index < -0.39 is 5.60 Å². The molecule has 0 amide bonds. The number of fused-ring (bicyclic) bond motifs is 3. The van der Waals surface area contributed by atoms with Crippen molar-refractivity contribution in [2.75, 3.05) is 20.2 Å². The van der Waals surface area contributed by atoms with Gasteiger partial charge in [-0.25, -0.2) is 0 Å². The molecule has 6 N–H and O–H groups in total. The summed E-state index contributed by atoms with van der Waals surface area (Å²) in [5, 5.41) is 34.9. The van der Waals surface area contributed by atoms with Crippen molar-refractivity contribution in [3.05, 3.63) is 11.6 Å². The lowest BCUT2D eigenvalue weighted by Gasteiger charge is -2.58. The summed E-state index contributed by atoms with van der Waals surface area (Å²) in [4.78, 5) is 4.07. The van der Waals surface area contributed by atoms with Gasteiger partial charge in [0.2, 0.25) is 0 Å². The molecule has 11 unspecified atom stereocenters. The van der Waals surface area contributed by atoms with Crippen LogP contribution in [0.15, 0.2) is 16.6 Å². The fraction of sp³-hybridized carbons (Fsp3) is 0.914. The quantitative estimate of drug-likeness (QED) is 0.123. The molecule has 1 saturated heterocycles. The molecule has 0 aromatic rings. The molecule has 11 atom stereocenters. The maximum atomic E-state index is 11.2. The van der Waals surface area contributed by atoms with E-state index in [0.29, 0.717) is 47.6 Å². The van der Waals surface area contributed by atoms with Crippen LogP contribution in [0.1, 0.15) is 117 Å². The molecule has 0 aromatic heterocycles. The van der Waals surface area contributed by atoms with E-state index >= 15 is 0 Å². The zero-order valence-corrected chi connectivity index (χ0v) is 26.6. The number of guanidine groups is 1. The number of aliphatic hydroxyl groups is 3. The normalized spacial score (nSPS) is 50.0. The van der Waals surface area contributed by atoms with Crippen LogP contribution in [-0.4, -0.2) is 64.9 Å². The first-order chi connectivity index (χ1) is 20.0. The average Bonchev–Trinajstić information content (AvgIpc) is 3.27. The molecule has 7 nitrogen and oxygen atoms in total. The zero-order chi connectivity index (χ0) is 29.8. The van der Waals surface area contributed by atoms with Crippen molar-refractivity contribution in [3.8, 4) is 0 Å². The van der Waals surface area contributed by atoms with E-state index in [1.165, 1.54) is 56.9 Å². The number of nitrogens with two attached hydrogens (primary N) is 1. The Morgan fingerprint density at radius 3 is 2.67 bits per heavy atom. The summed E-state index contributed by atoms with van der Waals surface area (Å²) in [6.07, 6.45) is 19.2. The van der Waals surface area contributed by atoms with Crippen molar-refractivity contribution in [2.24, 2.45) is 51.1 Å². The number of aliphatic hydroxyl groups excluding tert-OH is 2. The topological polar surface area (TPSA) is 124 Å². The van der Waals surface area contributed by atoms with Crippen LogP contribution in [-0.2, 0) is 4.74 Å². The van der Waals surface area contributed by atoms with Gasteiger partial charge in [0.25, 0.3) is 0 Å². The minimum Gasteiger partial charge on any atom is -0.393 e. The molecule has 6 aliphatic rings. The fourth-order valence-corrected chi connectivity index (χ4v) is 11.2. The summed E-state index contributed by atoms with van der Waals surface area (Å²) in [6.45, 7) is 6.01. The molecule has 238 valence electrons. The lowest BCUT2D eigenvalue weighted by molar-refractivity contribution is -0.0698. The number of rotatable bonds is 7. The van der Waals surface area contributed by atoms with Crippen LogP contribution in [0.2, 0.25) is 0 Å². The fourth-order valence-electron chi connectivity index (χ4n) is 11.2. The minimum absolute atomic E-state index is 0.0184. The van der Waals surface area contributed by atoms with Crippen LogP contribution >= 0.6 is 0 Å². The number of ether oxygens (including phenoxy) is 1. The van der Waals surface area contributed by atoms with Gasteiger partial charge in [0.15, 0.2) is 5.96 Å². The molecule has 0 aromatic carbocycles. The molecule has 0 bridgehead atoms. The number of nitrogens with one attached hydrogen (secondary N) is 1. The summed E-state index contributed by atoms with van der Waals surface area (Å²) >= 11 is 0. The monoisotopic (exact) mass is 585 g/mol. The van der Waals surface area contributed by atoms with Crippen molar-refractivity contribution >= 4 is 5.96 Å². The highest BCUT2D eigenvalue weighted by molar-refractivity contribution is 5.77. The van der Waals surface area contributed by atoms with Gasteiger partial charge < -0.3 is 31.1 Å². The van der Waals surface area contributed by atoms with Gasteiger partial charge in [0, 0.05) is 25.4 Å². The van der Waals surface area contributed by atoms with Crippen LogP contribution in [0.25, 0.3) is 0 Å². The van der Waals surface area contributed by atoms with E-state index in [2.05, 4.69) is 30.2 Å². The average molecular weight is 586 g/mol. The maximum absolute atomic E-state index is 11.2. The van der Waals surface area contributed by atoms with Gasteiger partial charge in [0.05, 0.1) is 30.0 Å². The first kappa shape index (κ1) is 30.9. The Labute approximate surface area is 254 Å². The SMILES string of the molecule is CN=C(N)NCC1CCC(C2(C)CC3C(=CCO)CC4(CCC(CCC5(O)CCCC(O)C5)C4)C4OC4(C)CCC32)C1. The second kappa shape index (κ2) is 11.7. The molecule has 6 fully saturated rings. The number of hydrogen-bond acceptors (Lipinski definition) is 5. The molecular formula is C35H59N3O4. The first-order valence-corrected chi connectivity index (χ1v) is 17.4. The van der Waals surface area contributed by atoms with Crippen LogP contribution in [0.5, 0.6) is 0 Å². The largest absolute Gasteiger partial charge is 0.393 e. The molecule has 42 heavy (non-hydrogen) atoms. The summed E-state index contributed by atoms with van der Waals surface area (Å²) in [7, 11) is 1.74. The van der Waals surface area contributed by atoms with Crippen molar-refractivity contribution < 1.29 is 20.1 Å². The number of nitrogens with zero attached hydrogens (tertiary/aromatic N) is 1. The lowest BCUT2D eigenvalue weighted by Crippen LogP contribution is -2.51. The van der Waals surface area contributed by atoms with Crippen molar-refractivity contribution in [2.45, 2.75) is 140 Å². The number of hydrogen-bond donors (Lipinski definition) is 5. The molecule has 0 radical (unpaired) electrons. The van der Waals surface area contributed by atoms with E-state index in [9.17, 15) is 15.3 Å². The number of aliphatic imine (C=N–C) groups is 1. The van der Waals surface area contributed by atoms with Gasteiger partial charge >= 0.3 is 0 Å². The Hall–Kier alpha value is -1.15. The zero-order valence-electron chi connectivity index (χ0n) is 26.6. The highest BCUT2D eigenvalue weighted by atomic mass is 16.6. The van der Waals surface area contributed by atoms with Gasteiger partial charge in [-0.05, 0) is 138 Å². The Bertz CT molecular complexity index is 1050.